The molecule has 4 aliphatic carbocycles. The van der Waals surface area contributed by atoms with E-state index >= 15 is 0 Å². The normalized spacial score (nSPS) is 45.8. The van der Waals surface area contributed by atoms with Gasteiger partial charge in [-0.15, -0.1) is 0 Å². The summed E-state index contributed by atoms with van der Waals surface area (Å²) >= 11 is 0. The number of rotatable bonds is 8. The first-order chi connectivity index (χ1) is 13.6. The highest BCUT2D eigenvalue weighted by molar-refractivity contribution is 5.05. The van der Waals surface area contributed by atoms with Crippen molar-refractivity contribution in [3.63, 3.8) is 0 Å². The maximum absolute atomic E-state index is 6.18. The summed E-state index contributed by atoms with van der Waals surface area (Å²) in [7, 11) is 0. The lowest BCUT2D eigenvalue weighted by Crippen LogP contribution is -2.43. The lowest BCUT2D eigenvalue weighted by molar-refractivity contribution is -0.0572. The number of ether oxygens (including phenoxy) is 2. The van der Waals surface area contributed by atoms with Crippen LogP contribution in [0.3, 0.4) is 0 Å². The third-order valence-electron chi connectivity index (χ3n) is 9.74. The van der Waals surface area contributed by atoms with Gasteiger partial charge in [-0.2, -0.15) is 0 Å². The molecular weight excluding hydrogens is 344 g/mol. The van der Waals surface area contributed by atoms with Crippen LogP contribution >= 0.6 is 0 Å². The van der Waals surface area contributed by atoms with Gasteiger partial charge in [-0.3, -0.25) is 0 Å². The first-order valence-corrected chi connectivity index (χ1v) is 12.8. The van der Waals surface area contributed by atoms with Gasteiger partial charge in [-0.05, 0) is 92.8 Å². The van der Waals surface area contributed by atoms with Gasteiger partial charge in [0.2, 0.25) is 0 Å². The molecule has 0 radical (unpaired) electrons. The molecule has 162 valence electrons. The SMILES string of the molecule is CCOCC1(CC2CC3CCCC3C2(C)COCC)CCC2CCCCC2C1. The van der Waals surface area contributed by atoms with Crippen LogP contribution in [-0.4, -0.2) is 26.4 Å². The van der Waals surface area contributed by atoms with Gasteiger partial charge in [0.25, 0.3) is 0 Å². The van der Waals surface area contributed by atoms with Crippen molar-refractivity contribution >= 4 is 0 Å². The molecule has 7 unspecified atom stereocenters. The molecule has 4 saturated carbocycles. The molecule has 2 heteroatoms. The van der Waals surface area contributed by atoms with Gasteiger partial charge in [0.05, 0.1) is 13.2 Å². The molecule has 7 atom stereocenters. The zero-order chi connectivity index (χ0) is 19.6. The topological polar surface area (TPSA) is 18.5 Å². The van der Waals surface area contributed by atoms with Crippen molar-refractivity contribution in [3.05, 3.63) is 0 Å². The number of fused-ring (bicyclic) bond motifs is 2. The van der Waals surface area contributed by atoms with Crippen molar-refractivity contribution in [3.8, 4) is 0 Å². The molecule has 0 bridgehead atoms. The van der Waals surface area contributed by atoms with E-state index in [1.165, 1.54) is 77.0 Å². The van der Waals surface area contributed by atoms with E-state index in [9.17, 15) is 0 Å². The predicted octanol–water partition coefficient (Wildman–Crippen LogP) is 6.87. The van der Waals surface area contributed by atoms with E-state index in [4.69, 9.17) is 9.47 Å². The Morgan fingerprint density at radius 1 is 0.786 bits per heavy atom. The van der Waals surface area contributed by atoms with E-state index in [1.54, 1.807) is 0 Å². The van der Waals surface area contributed by atoms with Crippen molar-refractivity contribution in [2.45, 2.75) is 97.8 Å². The van der Waals surface area contributed by atoms with E-state index in [0.717, 1.165) is 56.0 Å². The summed E-state index contributed by atoms with van der Waals surface area (Å²) in [6.45, 7) is 10.7. The van der Waals surface area contributed by atoms with Crippen LogP contribution in [0.2, 0.25) is 0 Å². The Balaban J connectivity index is 1.52. The van der Waals surface area contributed by atoms with Crippen LogP contribution in [0.25, 0.3) is 0 Å². The standard InChI is InChI=1S/C26H46O2/c1-4-27-18-25(3)23(15-21-11-8-12-24(21)25)17-26(19-28-5-2)14-13-20-9-6-7-10-22(20)16-26/h20-24H,4-19H2,1-3H3. The minimum Gasteiger partial charge on any atom is -0.381 e. The van der Waals surface area contributed by atoms with E-state index < -0.39 is 0 Å². The second-order valence-corrected chi connectivity index (χ2v) is 11.3. The molecule has 4 fully saturated rings. The molecule has 2 nitrogen and oxygen atoms in total. The second kappa shape index (κ2) is 8.96. The second-order valence-electron chi connectivity index (χ2n) is 11.3. The maximum Gasteiger partial charge on any atom is 0.0525 e. The minimum absolute atomic E-state index is 0.403. The number of hydrogen-bond acceptors (Lipinski definition) is 2. The molecular formula is C26H46O2. The van der Waals surface area contributed by atoms with Crippen molar-refractivity contribution < 1.29 is 9.47 Å². The fraction of sp³-hybridized carbons (Fsp3) is 1.00. The van der Waals surface area contributed by atoms with Gasteiger partial charge < -0.3 is 9.47 Å². The lowest BCUT2D eigenvalue weighted by Gasteiger charge is -2.49. The van der Waals surface area contributed by atoms with Crippen molar-refractivity contribution in [2.75, 3.05) is 26.4 Å². The van der Waals surface area contributed by atoms with E-state index in [0.29, 0.717) is 10.8 Å². The molecule has 4 rings (SSSR count). The molecule has 4 aliphatic rings. The van der Waals surface area contributed by atoms with E-state index in [2.05, 4.69) is 20.8 Å². The molecule has 0 spiro atoms. The van der Waals surface area contributed by atoms with Gasteiger partial charge in [0, 0.05) is 13.2 Å². The third-order valence-corrected chi connectivity index (χ3v) is 9.74. The average Bonchev–Trinajstić information content (AvgIpc) is 3.27. The Labute approximate surface area is 174 Å². The smallest absolute Gasteiger partial charge is 0.0525 e. The maximum atomic E-state index is 6.18. The fourth-order valence-corrected chi connectivity index (χ4v) is 8.29. The van der Waals surface area contributed by atoms with Crippen molar-refractivity contribution in [1.82, 2.24) is 0 Å². The van der Waals surface area contributed by atoms with Crippen LogP contribution in [0.4, 0.5) is 0 Å². The Hall–Kier alpha value is -0.0800. The largest absolute Gasteiger partial charge is 0.381 e. The predicted molar refractivity (Wildman–Crippen MR) is 116 cm³/mol. The van der Waals surface area contributed by atoms with Crippen LogP contribution in [0.5, 0.6) is 0 Å². The van der Waals surface area contributed by atoms with Gasteiger partial charge >= 0.3 is 0 Å². The molecule has 0 aromatic rings. The van der Waals surface area contributed by atoms with E-state index in [1.807, 2.05) is 0 Å². The van der Waals surface area contributed by atoms with Crippen LogP contribution in [0, 0.1) is 40.4 Å². The van der Waals surface area contributed by atoms with Gasteiger partial charge in [0.1, 0.15) is 0 Å². The third kappa shape index (κ3) is 4.07. The zero-order valence-corrected chi connectivity index (χ0v) is 19.0. The minimum atomic E-state index is 0.403. The Morgan fingerprint density at radius 3 is 2.29 bits per heavy atom. The number of hydrogen-bond donors (Lipinski definition) is 0. The van der Waals surface area contributed by atoms with E-state index in [-0.39, 0.29) is 0 Å². The Bertz CT molecular complexity index is 505. The summed E-state index contributed by atoms with van der Waals surface area (Å²) in [4.78, 5) is 0. The summed E-state index contributed by atoms with van der Waals surface area (Å²) < 4.78 is 12.3. The molecule has 0 heterocycles. The molecule has 0 saturated heterocycles. The molecule has 0 amide bonds. The highest BCUT2D eigenvalue weighted by Crippen LogP contribution is 2.62. The summed E-state index contributed by atoms with van der Waals surface area (Å²) in [6.07, 6.45) is 17.6. The first-order valence-electron chi connectivity index (χ1n) is 12.8. The van der Waals surface area contributed by atoms with Gasteiger partial charge in [0.15, 0.2) is 0 Å². The summed E-state index contributed by atoms with van der Waals surface area (Å²) in [5, 5.41) is 0. The first kappa shape index (κ1) is 21.2. The average molecular weight is 391 g/mol. The zero-order valence-electron chi connectivity index (χ0n) is 19.0. The van der Waals surface area contributed by atoms with Crippen LogP contribution in [-0.2, 0) is 9.47 Å². The van der Waals surface area contributed by atoms with Crippen LogP contribution < -0.4 is 0 Å². The lowest BCUT2D eigenvalue weighted by atomic mass is 9.57. The van der Waals surface area contributed by atoms with Crippen LogP contribution in [0.1, 0.15) is 97.8 Å². The molecule has 28 heavy (non-hydrogen) atoms. The molecule has 0 N–H and O–H groups in total. The monoisotopic (exact) mass is 390 g/mol. The van der Waals surface area contributed by atoms with Gasteiger partial charge in [-0.25, -0.2) is 0 Å². The quantitative estimate of drug-likeness (QED) is 0.450. The van der Waals surface area contributed by atoms with Crippen molar-refractivity contribution in [1.29, 1.82) is 0 Å². The molecule has 0 aromatic heterocycles. The summed E-state index contributed by atoms with van der Waals surface area (Å²) in [5.74, 6) is 4.75. The van der Waals surface area contributed by atoms with Gasteiger partial charge in [-0.1, -0.05) is 45.4 Å². The fourth-order valence-electron chi connectivity index (χ4n) is 8.29. The Kier molecular flexibility index (Phi) is 6.77. The highest BCUT2D eigenvalue weighted by atomic mass is 16.5. The highest BCUT2D eigenvalue weighted by Gasteiger charge is 2.55. The molecule has 0 aromatic carbocycles. The summed E-state index contributed by atoms with van der Waals surface area (Å²) in [6, 6.07) is 0. The van der Waals surface area contributed by atoms with Crippen molar-refractivity contribution in [2.24, 2.45) is 40.4 Å². The summed E-state index contributed by atoms with van der Waals surface area (Å²) in [5.41, 5.74) is 0.852. The molecule has 0 aliphatic heterocycles. The Morgan fingerprint density at radius 2 is 1.50 bits per heavy atom. The van der Waals surface area contributed by atoms with Crippen LogP contribution in [0.15, 0.2) is 0 Å².